The first-order valence-corrected chi connectivity index (χ1v) is 9.14. The van der Waals surface area contributed by atoms with E-state index in [1.54, 1.807) is 6.07 Å². The van der Waals surface area contributed by atoms with Crippen molar-refractivity contribution in [1.82, 2.24) is 10.6 Å². The highest BCUT2D eigenvalue weighted by Gasteiger charge is 2.31. The fourth-order valence-electron chi connectivity index (χ4n) is 3.19. The van der Waals surface area contributed by atoms with Crippen LogP contribution < -0.4 is 20.4 Å². The Morgan fingerprint density at radius 2 is 1.70 bits per heavy atom. The van der Waals surface area contributed by atoms with E-state index in [1.165, 1.54) is 17.0 Å². The Balaban J connectivity index is 1.74. The zero-order valence-electron chi connectivity index (χ0n) is 15.4. The molecule has 2 amide bonds. The predicted molar refractivity (Wildman–Crippen MR) is 93.1 cm³/mol. The molecule has 1 aromatic rings. The zero-order valence-corrected chi connectivity index (χ0v) is 15.4. The molecule has 0 radical (unpaired) electrons. The van der Waals surface area contributed by atoms with Crippen LogP contribution in [0.15, 0.2) is 24.3 Å². The monoisotopic (exact) mass is 388 g/mol. The molecule has 0 bridgehead atoms. The van der Waals surface area contributed by atoms with Crippen molar-refractivity contribution in [3.05, 3.63) is 35.4 Å². The first-order valence-electron chi connectivity index (χ1n) is 9.14. The fourth-order valence-corrected chi connectivity index (χ4v) is 3.19. The number of carbonyl (C=O) groups excluding carboxylic acids is 2. The summed E-state index contributed by atoms with van der Waals surface area (Å²) in [5, 5.41) is 5.21. The second kappa shape index (κ2) is 9.70. The van der Waals surface area contributed by atoms with Crippen molar-refractivity contribution in [1.29, 1.82) is 0 Å². The van der Waals surface area contributed by atoms with E-state index in [0.29, 0.717) is 25.2 Å². The van der Waals surface area contributed by atoms with Gasteiger partial charge in [-0.3, -0.25) is 9.59 Å². The highest BCUT2D eigenvalue weighted by Crippen LogP contribution is 2.29. The van der Waals surface area contributed by atoms with E-state index < -0.39 is 11.7 Å². The Morgan fingerprint density at radius 1 is 1.04 bits per heavy atom. The van der Waals surface area contributed by atoms with Gasteiger partial charge in [0, 0.05) is 12.1 Å². The molecule has 0 atom stereocenters. The Bertz CT molecular complexity index is 644. The van der Waals surface area contributed by atoms with Crippen molar-refractivity contribution in [3.8, 4) is 0 Å². The SMILES string of the molecule is CCNC(=O)CNC(=O)C[NH+]1CC[NH+](Cc2cccc(C(F)(F)F)c2)CC1. The lowest BCUT2D eigenvalue weighted by Gasteiger charge is -2.29. The standard InChI is InChI=1S/C18H25F3N4O2/c1-2-22-16(26)11-23-17(27)13-25-8-6-24(7-9-25)12-14-4-3-5-15(10-14)18(19,20)21/h3-5,10H,2,6-9,11-13H2,1H3,(H,22,26)(H,23,27)/p+2. The number of quaternary nitrogens is 2. The van der Waals surface area contributed by atoms with Gasteiger partial charge in [-0.25, -0.2) is 0 Å². The number of piperazine rings is 1. The second-order valence-corrected chi connectivity index (χ2v) is 6.78. The topological polar surface area (TPSA) is 67.1 Å². The summed E-state index contributed by atoms with van der Waals surface area (Å²) in [5.74, 6) is -0.381. The number of nitrogens with one attached hydrogen (secondary N) is 4. The lowest BCUT2D eigenvalue weighted by atomic mass is 10.1. The lowest BCUT2D eigenvalue weighted by Crippen LogP contribution is -3.28. The van der Waals surface area contributed by atoms with Gasteiger partial charge in [0.25, 0.3) is 5.91 Å². The predicted octanol–water partition coefficient (Wildman–Crippen LogP) is -1.76. The largest absolute Gasteiger partial charge is 0.416 e. The fraction of sp³-hybridized carbons (Fsp3) is 0.556. The number of amides is 2. The van der Waals surface area contributed by atoms with E-state index in [2.05, 4.69) is 10.6 Å². The number of hydrogen-bond acceptors (Lipinski definition) is 2. The molecule has 27 heavy (non-hydrogen) atoms. The van der Waals surface area contributed by atoms with Crippen LogP contribution >= 0.6 is 0 Å². The first-order chi connectivity index (χ1) is 12.8. The molecule has 1 aliphatic rings. The summed E-state index contributed by atoms with van der Waals surface area (Å²) in [6.07, 6.45) is -4.32. The molecule has 0 saturated carbocycles. The number of carbonyl (C=O) groups is 2. The van der Waals surface area contributed by atoms with Gasteiger partial charge in [0.05, 0.1) is 12.1 Å². The van der Waals surface area contributed by atoms with E-state index in [1.807, 2.05) is 6.92 Å². The van der Waals surface area contributed by atoms with Crippen LogP contribution in [-0.2, 0) is 22.3 Å². The Morgan fingerprint density at radius 3 is 2.33 bits per heavy atom. The van der Waals surface area contributed by atoms with Crippen molar-refractivity contribution >= 4 is 11.8 Å². The molecule has 1 saturated heterocycles. The van der Waals surface area contributed by atoms with Crippen LogP contribution in [-0.4, -0.2) is 57.6 Å². The number of likely N-dealkylation sites (N-methyl/N-ethyl adjacent to an activating group) is 1. The highest BCUT2D eigenvalue weighted by molar-refractivity contribution is 5.84. The summed E-state index contributed by atoms with van der Waals surface area (Å²) in [5.41, 5.74) is 0.0513. The molecule has 2 rings (SSSR count). The number of halogens is 3. The minimum atomic E-state index is -4.32. The van der Waals surface area contributed by atoms with Crippen LogP contribution in [0.1, 0.15) is 18.1 Å². The summed E-state index contributed by atoms with van der Waals surface area (Å²) in [7, 11) is 0. The molecule has 1 heterocycles. The number of hydrogen-bond donors (Lipinski definition) is 4. The molecule has 4 N–H and O–H groups in total. The van der Waals surface area contributed by atoms with E-state index in [9.17, 15) is 22.8 Å². The maximum absolute atomic E-state index is 12.8. The summed E-state index contributed by atoms with van der Waals surface area (Å²) in [6.45, 7) is 6.27. The molecule has 0 spiro atoms. The summed E-state index contributed by atoms with van der Waals surface area (Å²) in [6, 6.07) is 5.45. The molecule has 0 unspecified atom stereocenters. The maximum Gasteiger partial charge on any atom is 0.416 e. The third-order valence-corrected chi connectivity index (χ3v) is 4.60. The Kier molecular flexibility index (Phi) is 7.61. The van der Waals surface area contributed by atoms with Gasteiger partial charge in [-0.15, -0.1) is 0 Å². The van der Waals surface area contributed by atoms with Crippen LogP contribution in [0.2, 0.25) is 0 Å². The summed E-state index contributed by atoms with van der Waals surface area (Å²) in [4.78, 5) is 25.6. The molecule has 1 aliphatic heterocycles. The normalized spacial score (nSPS) is 20.1. The van der Waals surface area contributed by atoms with Crippen LogP contribution in [0.5, 0.6) is 0 Å². The molecule has 6 nitrogen and oxygen atoms in total. The number of benzene rings is 1. The third kappa shape index (κ3) is 7.18. The second-order valence-electron chi connectivity index (χ2n) is 6.78. The molecule has 0 aromatic heterocycles. The van der Waals surface area contributed by atoms with E-state index >= 15 is 0 Å². The van der Waals surface area contributed by atoms with Crippen molar-refractivity contribution < 1.29 is 32.6 Å². The smallest absolute Gasteiger partial charge is 0.355 e. The van der Waals surface area contributed by atoms with Gasteiger partial charge < -0.3 is 20.4 Å². The lowest BCUT2D eigenvalue weighted by molar-refractivity contribution is -1.02. The zero-order chi connectivity index (χ0) is 19.9. The van der Waals surface area contributed by atoms with Gasteiger partial charge in [0.1, 0.15) is 32.7 Å². The molecule has 9 heteroatoms. The number of rotatable bonds is 7. The average Bonchev–Trinajstić information content (AvgIpc) is 2.61. The maximum atomic E-state index is 12.8. The van der Waals surface area contributed by atoms with Crippen LogP contribution in [0.3, 0.4) is 0 Å². The molecule has 0 aliphatic carbocycles. The van der Waals surface area contributed by atoms with Crippen LogP contribution in [0, 0.1) is 0 Å². The van der Waals surface area contributed by atoms with Crippen molar-refractivity contribution in [3.63, 3.8) is 0 Å². The number of alkyl halides is 3. The average molecular weight is 388 g/mol. The molecular formula is C18H27F3N4O2+2. The molecule has 150 valence electrons. The first kappa shape index (κ1) is 21.2. The molecular weight excluding hydrogens is 361 g/mol. The third-order valence-electron chi connectivity index (χ3n) is 4.60. The van der Waals surface area contributed by atoms with Crippen molar-refractivity contribution in [2.75, 3.05) is 45.8 Å². The van der Waals surface area contributed by atoms with Gasteiger partial charge in [0.15, 0.2) is 6.54 Å². The summed E-state index contributed by atoms with van der Waals surface area (Å²) < 4.78 is 38.4. The van der Waals surface area contributed by atoms with Gasteiger partial charge >= 0.3 is 6.18 Å². The van der Waals surface area contributed by atoms with Crippen molar-refractivity contribution in [2.24, 2.45) is 0 Å². The van der Waals surface area contributed by atoms with Gasteiger partial charge in [-0.05, 0) is 19.1 Å². The Labute approximate surface area is 156 Å². The van der Waals surface area contributed by atoms with E-state index in [4.69, 9.17) is 0 Å². The minimum absolute atomic E-state index is 0.0210. The summed E-state index contributed by atoms with van der Waals surface area (Å²) >= 11 is 0. The van der Waals surface area contributed by atoms with E-state index in [0.717, 1.165) is 37.1 Å². The molecule has 1 fully saturated rings. The molecule has 1 aromatic carbocycles. The highest BCUT2D eigenvalue weighted by atomic mass is 19.4. The van der Waals surface area contributed by atoms with Crippen LogP contribution in [0.25, 0.3) is 0 Å². The van der Waals surface area contributed by atoms with Crippen molar-refractivity contribution in [2.45, 2.75) is 19.6 Å². The minimum Gasteiger partial charge on any atom is -0.355 e. The van der Waals surface area contributed by atoms with Gasteiger partial charge in [0.2, 0.25) is 5.91 Å². The van der Waals surface area contributed by atoms with Crippen LogP contribution in [0.4, 0.5) is 13.2 Å². The quantitative estimate of drug-likeness (QED) is 0.447. The van der Waals surface area contributed by atoms with Gasteiger partial charge in [-0.2, -0.15) is 13.2 Å². The Hall–Kier alpha value is -2.13. The van der Waals surface area contributed by atoms with E-state index in [-0.39, 0.29) is 18.4 Å². The van der Waals surface area contributed by atoms with Gasteiger partial charge in [-0.1, -0.05) is 12.1 Å².